The molecule has 0 bridgehead atoms. The average molecular weight is 292 g/mol. The van der Waals surface area contributed by atoms with Gasteiger partial charge in [-0.25, -0.2) is 0 Å². The number of aliphatic hydroxyl groups excluding tert-OH is 1. The van der Waals surface area contributed by atoms with Crippen LogP contribution in [0.4, 0.5) is 0 Å². The van der Waals surface area contributed by atoms with Crippen molar-refractivity contribution in [3.8, 4) is 0 Å². The Morgan fingerprint density at radius 1 is 1.24 bits per heavy atom. The Kier molecular flexibility index (Phi) is 8.01. The van der Waals surface area contributed by atoms with Crippen LogP contribution in [0, 0.1) is 0 Å². The normalized spacial score (nSPS) is 12.4. The third-order valence-corrected chi connectivity index (χ3v) is 3.67. The summed E-state index contributed by atoms with van der Waals surface area (Å²) in [7, 11) is 0. The first-order valence-electron chi connectivity index (χ1n) is 7.80. The lowest BCUT2D eigenvalue weighted by Gasteiger charge is -2.20. The summed E-state index contributed by atoms with van der Waals surface area (Å²) in [4.78, 5) is 14.1. The lowest BCUT2D eigenvalue weighted by Crippen LogP contribution is -2.26. The average Bonchev–Trinajstić information content (AvgIpc) is 2.49. The topological polar surface area (TPSA) is 52.6 Å². The second-order valence-electron chi connectivity index (χ2n) is 5.39. The Bertz CT molecular complexity index is 429. The van der Waals surface area contributed by atoms with Crippen molar-refractivity contribution in [3.63, 3.8) is 0 Å². The molecule has 0 aromatic heterocycles. The maximum Gasteiger partial charge on any atom is 0.220 e. The minimum Gasteiger partial charge on any atom is -0.393 e. The number of hydrogen-bond donors (Lipinski definition) is 2. The number of nitrogens with one attached hydrogen (secondary N) is 1. The van der Waals surface area contributed by atoms with E-state index in [0.29, 0.717) is 19.4 Å². The van der Waals surface area contributed by atoms with Gasteiger partial charge in [-0.1, -0.05) is 38.1 Å². The van der Waals surface area contributed by atoms with Crippen molar-refractivity contribution in [1.82, 2.24) is 10.2 Å². The molecule has 0 radical (unpaired) electrons. The number of aliphatic hydroxyl groups is 1. The van der Waals surface area contributed by atoms with E-state index >= 15 is 0 Å². The third-order valence-electron chi connectivity index (χ3n) is 3.67. The van der Waals surface area contributed by atoms with Gasteiger partial charge in [-0.05, 0) is 37.6 Å². The SMILES string of the molecule is CCN(CC)Cc1ccccc1CNC(=O)CCC(C)O. The van der Waals surface area contributed by atoms with Gasteiger partial charge in [0.2, 0.25) is 5.91 Å². The monoisotopic (exact) mass is 292 g/mol. The van der Waals surface area contributed by atoms with Crippen LogP contribution < -0.4 is 5.32 Å². The summed E-state index contributed by atoms with van der Waals surface area (Å²) in [5.74, 6) is -0.00598. The molecule has 1 amide bonds. The van der Waals surface area contributed by atoms with E-state index in [1.54, 1.807) is 6.92 Å². The number of benzene rings is 1. The van der Waals surface area contributed by atoms with E-state index in [1.165, 1.54) is 5.56 Å². The Morgan fingerprint density at radius 3 is 2.43 bits per heavy atom. The Balaban J connectivity index is 2.56. The summed E-state index contributed by atoms with van der Waals surface area (Å²) in [5, 5.41) is 12.1. The summed E-state index contributed by atoms with van der Waals surface area (Å²) < 4.78 is 0. The predicted molar refractivity (Wildman–Crippen MR) is 85.8 cm³/mol. The van der Waals surface area contributed by atoms with Gasteiger partial charge in [-0.15, -0.1) is 0 Å². The minimum atomic E-state index is -0.425. The van der Waals surface area contributed by atoms with Gasteiger partial charge in [0.15, 0.2) is 0 Å². The molecule has 0 aliphatic heterocycles. The summed E-state index contributed by atoms with van der Waals surface area (Å²) in [5.41, 5.74) is 2.42. The molecule has 0 fully saturated rings. The molecule has 0 aliphatic carbocycles. The van der Waals surface area contributed by atoms with Crippen LogP contribution >= 0.6 is 0 Å². The molecule has 118 valence electrons. The number of hydrogen-bond acceptors (Lipinski definition) is 3. The Morgan fingerprint density at radius 2 is 1.86 bits per heavy atom. The highest BCUT2D eigenvalue weighted by atomic mass is 16.3. The van der Waals surface area contributed by atoms with Crippen molar-refractivity contribution in [2.75, 3.05) is 13.1 Å². The molecular formula is C17H28N2O2. The summed E-state index contributed by atoms with van der Waals surface area (Å²) >= 11 is 0. The van der Waals surface area contributed by atoms with Crippen LogP contribution in [0.2, 0.25) is 0 Å². The quantitative estimate of drug-likeness (QED) is 0.734. The van der Waals surface area contributed by atoms with E-state index in [2.05, 4.69) is 36.2 Å². The summed E-state index contributed by atoms with van der Waals surface area (Å²) in [6.07, 6.45) is 0.453. The number of amides is 1. The van der Waals surface area contributed by atoms with Crippen LogP contribution in [-0.4, -0.2) is 35.1 Å². The van der Waals surface area contributed by atoms with E-state index in [4.69, 9.17) is 0 Å². The van der Waals surface area contributed by atoms with Crippen LogP contribution in [-0.2, 0) is 17.9 Å². The first kappa shape index (κ1) is 17.7. The van der Waals surface area contributed by atoms with Crippen molar-refractivity contribution >= 4 is 5.91 Å². The third kappa shape index (κ3) is 6.74. The van der Waals surface area contributed by atoms with Crippen LogP contribution in [0.1, 0.15) is 44.7 Å². The fraction of sp³-hybridized carbons (Fsp3) is 0.588. The smallest absolute Gasteiger partial charge is 0.220 e. The molecular weight excluding hydrogens is 264 g/mol. The van der Waals surface area contributed by atoms with Crippen LogP contribution in [0.5, 0.6) is 0 Å². The van der Waals surface area contributed by atoms with Gasteiger partial charge in [0, 0.05) is 19.5 Å². The van der Waals surface area contributed by atoms with Gasteiger partial charge in [0.05, 0.1) is 6.10 Å². The molecule has 21 heavy (non-hydrogen) atoms. The largest absolute Gasteiger partial charge is 0.393 e. The van der Waals surface area contributed by atoms with Gasteiger partial charge in [0.1, 0.15) is 0 Å². The molecule has 0 spiro atoms. The highest BCUT2D eigenvalue weighted by Crippen LogP contribution is 2.12. The first-order chi connectivity index (χ1) is 10.1. The minimum absolute atomic E-state index is 0.00598. The number of rotatable bonds is 9. The molecule has 1 aromatic rings. The van der Waals surface area contributed by atoms with Gasteiger partial charge in [-0.2, -0.15) is 0 Å². The molecule has 4 nitrogen and oxygen atoms in total. The van der Waals surface area contributed by atoms with Crippen molar-refractivity contribution in [1.29, 1.82) is 0 Å². The van der Waals surface area contributed by atoms with E-state index in [9.17, 15) is 9.90 Å². The van der Waals surface area contributed by atoms with Crippen LogP contribution in [0.3, 0.4) is 0 Å². The molecule has 1 unspecified atom stereocenters. The van der Waals surface area contributed by atoms with Gasteiger partial charge >= 0.3 is 0 Å². The molecule has 0 aliphatic rings. The molecule has 0 heterocycles. The zero-order valence-electron chi connectivity index (χ0n) is 13.4. The molecule has 0 saturated carbocycles. The lowest BCUT2D eigenvalue weighted by molar-refractivity contribution is -0.121. The number of carbonyl (C=O) groups is 1. The summed E-state index contributed by atoms with van der Waals surface area (Å²) in [6.45, 7) is 9.51. The van der Waals surface area contributed by atoms with Crippen molar-refractivity contribution in [2.45, 2.75) is 52.8 Å². The fourth-order valence-corrected chi connectivity index (χ4v) is 2.19. The van der Waals surface area contributed by atoms with Crippen LogP contribution in [0.25, 0.3) is 0 Å². The second kappa shape index (κ2) is 9.53. The van der Waals surface area contributed by atoms with Gasteiger partial charge in [-0.3, -0.25) is 9.69 Å². The molecule has 2 N–H and O–H groups in total. The zero-order valence-corrected chi connectivity index (χ0v) is 13.4. The van der Waals surface area contributed by atoms with E-state index in [-0.39, 0.29) is 5.91 Å². The maximum absolute atomic E-state index is 11.7. The molecule has 4 heteroatoms. The number of carbonyl (C=O) groups excluding carboxylic acids is 1. The highest BCUT2D eigenvalue weighted by Gasteiger charge is 2.08. The van der Waals surface area contributed by atoms with E-state index < -0.39 is 6.10 Å². The molecule has 1 atom stereocenters. The van der Waals surface area contributed by atoms with E-state index in [0.717, 1.165) is 25.2 Å². The fourth-order valence-electron chi connectivity index (χ4n) is 2.19. The maximum atomic E-state index is 11.7. The van der Waals surface area contributed by atoms with E-state index in [1.807, 2.05) is 12.1 Å². The molecule has 0 saturated heterocycles. The standard InChI is InChI=1S/C17H28N2O2/c1-4-19(5-2)13-16-9-7-6-8-15(16)12-18-17(21)11-10-14(3)20/h6-9,14,20H,4-5,10-13H2,1-3H3,(H,18,21). The first-order valence-corrected chi connectivity index (χ1v) is 7.80. The Labute approximate surface area is 128 Å². The lowest BCUT2D eigenvalue weighted by atomic mass is 10.1. The van der Waals surface area contributed by atoms with Crippen LogP contribution in [0.15, 0.2) is 24.3 Å². The second-order valence-corrected chi connectivity index (χ2v) is 5.39. The van der Waals surface area contributed by atoms with Crippen molar-refractivity contribution in [2.24, 2.45) is 0 Å². The van der Waals surface area contributed by atoms with Crippen molar-refractivity contribution in [3.05, 3.63) is 35.4 Å². The molecule has 1 rings (SSSR count). The number of nitrogens with zero attached hydrogens (tertiary/aromatic N) is 1. The Hall–Kier alpha value is -1.39. The molecule has 1 aromatic carbocycles. The predicted octanol–water partition coefficient (Wildman–Crippen LogP) is 2.31. The zero-order chi connectivity index (χ0) is 15.7. The highest BCUT2D eigenvalue weighted by molar-refractivity contribution is 5.75. The van der Waals surface area contributed by atoms with Crippen molar-refractivity contribution < 1.29 is 9.90 Å². The summed E-state index contributed by atoms with van der Waals surface area (Å²) in [6, 6.07) is 8.23. The van der Waals surface area contributed by atoms with Gasteiger partial charge in [0.25, 0.3) is 0 Å². The van der Waals surface area contributed by atoms with Gasteiger partial charge < -0.3 is 10.4 Å².